The molecule has 4 heteroatoms. The van der Waals surface area contributed by atoms with Crippen molar-refractivity contribution in [2.75, 3.05) is 13.1 Å². The summed E-state index contributed by atoms with van der Waals surface area (Å²) in [5.41, 5.74) is 2.11. The van der Waals surface area contributed by atoms with Gasteiger partial charge < -0.3 is 10.0 Å². The molecule has 0 saturated carbocycles. The molecule has 2 aromatic rings. The molecular formula is C21H22FNO2. The molecule has 3 rings (SSSR count). The normalized spacial score (nSPS) is 15.6. The highest BCUT2D eigenvalue weighted by Crippen LogP contribution is 2.29. The molecule has 1 amide bonds. The molecule has 25 heavy (non-hydrogen) atoms. The molecule has 0 unspecified atom stereocenters. The van der Waals surface area contributed by atoms with Gasteiger partial charge in [0.25, 0.3) is 0 Å². The fraction of sp³-hybridized carbons (Fsp3) is 0.286. The SMILES string of the molecule is O=C(C/C=C/c1ccc(F)cc1)N1CCC(c2ccc(O)cc2)CC1. The molecule has 0 spiro atoms. The van der Waals surface area contributed by atoms with Crippen LogP contribution in [0.5, 0.6) is 5.75 Å². The van der Waals surface area contributed by atoms with E-state index in [1.54, 1.807) is 24.3 Å². The van der Waals surface area contributed by atoms with E-state index in [2.05, 4.69) is 0 Å². The first-order valence-electron chi connectivity index (χ1n) is 8.60. The first kappa shape index (κ1) is 17.2. The molecular weight excluding hydrogens is 317 g/mol. The number of carbonyl (C=O) groups excluding carboxylic acids is 1. The van der Waals surface area contributed by atoms with Crippen LogP contribution in [-0.4, -0.2) is 29.0 Å². The second-order valence-electron chi connectivity index (χ2n) is 6.40. The number of hydrogen-bond donors (Lipinski definition) is 1. The number of likely N-dealkylation sites (tertiary alicyclic amines) is 1. The van der Waals surface area contributed by atoms with Gasteiger partial charge >= 0.3 is 0 Å². The van der Waals surface area contributed by atoms with Crippen LogP contribution in [0, 0.1) is 5.82 Å². The van der Waals surface area contributed by atoms with Crippen LogP contribution in [-0.2, 0) is 4.79 Å². The van der Waals surface area contributed by atoms with E-state index in [4.69, 9.17) is 0 Å². The van der Waals surface area contributed by atoms with Gasteiger partial charge in [-0.25, -0.2) is 4.39 Å². The van der Waals surface area contributed by atoms with Crippen LogP contribution >= 0.6 is 0 Å². The highest BCUT2D eigenvalue weighted by atomic mass is 19.1. The molecule has 0 aliphatic carbocycles. The Labute approximate surface area is 147 Å². The largest absolute Gasteiger partial charge is 0.508 e. The van der Waals surface area contributed by atoms with Gasteiger partial charge in [-0.05, 0) is 54.2 Å². The lowest BCUT2D eigenvalue weighted by atomic mass is 9.89. The number of rotatable bonds is 4. The van der Waals surface area contributed by atoms with E-state index in [-0.39, 0.29) is 17.5 Å². The number of amides is 1. The second kappa shape index (κ2) is 7.97. The summed E-state index contributed by atoms with van der Waals surface area (Å²) in [5, 5.41) is 9.37. The maximum atomic E-state index is 12.9. The number of phenols is 1. The molecule has 0 aromatic heterocycles. The molecule has 1 aliphatic heterocycles. The lowest BCUT2D eigenvalue weighted by molar-refractivity contribution is -0.131. The lowest BCUT2D eigenvalue weighted by Gasteiger charge is -2.32. The third-order valence-electron chi connectivity index (χ3n) is 4.68. The predicted octanol–water partition coefficient (Wildman–Crippen LogP) is 4.34. The van der Waals surface area contributed by atoms with Crippen LogP contribution in [0.2, 0.25) is 0 Å². The van der Waals surface area contributed by atoms with Crippen molar-refractivity contribution < 1.29 is 14.3 Å². The van der Waals surface area contributed by atoms with E-state index in [9.17, 15) is 14.3 Å². The number of phenolic OH excluding ortho intramolecular Hbond substituents is 1. The first-order valence-corrected chi connectivity index (χ1v) is 8.60. The molecule has 0 radical (unpaired) electrons. The summed E-state index contributed by atoms with van der Waals surface area (Å²) >= 11 is 0. The number of hydrogen-bond acceptors (Lipinski definition) is 2. The summed E-state index contributed by atoms with van der Waals surface area (Å²) in [6.07, 6.45) is 5.93. The van der Waals surface area contributed by atoms with Crippen molar-refractivity contribution in [3.63, 3.8) is 0 Å². The summed E-state index contributed by atoms with van der Waals surface area (Å²) in [7, 11) is 0. The number of piperidine rings is 1. The van der Waals surface area contributed by atoms with Crippen LogP contribution in [0.25, 0.3) is 6.08 Å². The van der Waals surface area contributed by atoms with Gasteiger partial charge in [-0.1, -0.05) is 36.4 Å². The van der Waals surface area contributed by atoms with Crippen LogP contribution in [0.15, 0.2) is 54.6 Å². The maximum Gasteiger partial charge on any atom is 0.226 e. The van der Waals surface area contributed by atoms with Gasteiger partial charge in [-0.3, -0.25) is 4.79 Å². The zero-order valence-corrected chi connectivity index (χ0v) is 14.1. The third-order valence-corrected chi connectivity index (χ3v) is 4.68. The summed E-state index contributed by atoms with van der Waals surface area (Å²) < 4.78 is 12.9. The summed E-state index contributed by atoms with van der Waals surface area (Å²) in [6, 6.07) is 13.6. The van der Waals surface area contributed by atoms with Gasteiger partial charge in [0.05, 0.1) is 0 Å². The van der Waals surface area contributed by atoms with Gasteiger partial charge in [0.15, 0.2) is 0 Å². The second-order valence-corrected chi connectivity index (χ2v) is 6.40. The molecule has 1 N–H and O–H groups in total. The van der Waals surface area contributed by atoms with E-state index >= 15 is 0 Å². The molecule has 130 valence electrons. The number of carbonyl (C=O) groups is 1. The minimum Gasteiger partial charge on any atom is -0.508 e. The van der Waals surface area contributed by atoms with Crippen LogP contribution in [0.1, 0.15) is 36.3 Å². The zero-order chi connectivity index (χ0) is 17.6. The van der Waals surface area contributed by atoms with Gasteiger partial charge in [0.2, 0.25) is 5.91 Å². The van der Waals surface area contributed by atoms with E-state index < -0.39 is 0 Å². The average Bonchev–Trinajstić information content (AvgIpc) is 2.64. The van der Waals surface area contributed by atoms with Crippen LogP contribution in [0.4, 0.5) is 4.39 Å². The monoisotopic (exact) mass is 339 g/mol. The first-order chi connectivity index (χ1) is 12.1. The van der Waals surface area contributed by atoms with E-state index in [0.29, 0.717) is 12.3 Å². The Morgan fingerprint density at radius 2 is 1.72 bits per heavy atom. The quantitative estimate of drug-likeness (QED) is 0.900. The van der Waals surface area contributed by atoms with Crippen molar-refractivity contribution in [1.29, 1.82) is 0 Å². The van der Waals surface area contributed by atoms with Crippen molar-refractivity contribution in [2.24, 2.45) is 0 Å². The van der Waals surface area contributed by atoms with E-state index in [0.717, 1.165) is 31.5 Å². The Morgan fingerprint density at radius 3 is 2.36 bits per heavy atom. The Bertz CT molecular complexity index is 729. The summed E-state index contributed by atoms with van der Waals surface area (Å²) in [5.74, 6) is 0.593. The van der Waals surface area contributed by atoms with Gasteiger partial charge in [-0.15, -0.1) is 0 Å². The minimum absolute atomic E-state index is 0.127. The third kappa shape index (κ3) is 4.69. The summed E-state index contributed by atoms with van der Waals surface area (Å²) in [6.45, 7) is 1.52. The molecule has 1 heterocycles. The Morgan fingerprint density at radius 1 is 1.08 bits per heavy atom. The number of halogens is 1. The minimum atomic E-state index is -0.260. The average molecular weight is 339 g/mol. The van der Waals surface area contributed by atoms with Crippen LogP contribution < -0.4 is 0 Å². The highest BCUT2D eigenvalue weighted by Gasteiger charge is 2.23. The van der Waals surface area contributed by atoms with Crippen molar-refractivity contribution in [3.8, 4) is 5.75 Å². The van der Waals surface area contributed by atoms with Crippen molar-refractivity contribution >= 4 is 12.0 Å². The van der Waals surface area contributed by atoms with Crippen molar-refractivity contribution in [1.82, 2.24) is 4.90 Å². The molecule has 1 aliphatic rings. The molecule has 1 fully saturated rings. The zero-order valence-electron chi connectivity index (χ0n) is 14.1. The van der Waals surface area contributed by atoms with Gasteiger partial charge in [-0.2, -0.15) is 0 Å². The smallest absolute Gasteiger partial charge is 0.226 e. The Kier molecular flexibility index (Phi) is 5.49. The number of aromatic hydroxyl groups is 1. The maximum absolute atomic E-state index is 12.9. The Hall–Kier alpha value is -2.62. The van der Waals surface area contributed by atoms with E-state index in [1.165, 1.54) is 17.7 Å². The fourth-order valence-corrected chi connectivity index (χ4v) is 3.21. The van der Waals surface area contributed by atoms with Crippen molar-refractivity contribution in [2.45, 2.75) is 25.2 Å². The number of benzene rings is 2. The fourth-order valence-electron chi connectivity index (χ4n) is 3.21. The molecule has 0 atom stereocenters. The standard InChI is InChI=1S/C21H22FNO2/c22-19-8-4-16(5-9-19)2-1-3-21(25)23-14-12-18(13-15-23)17-6-10-20(24)11-7-17/h1-2,4-11,18,24H,3,12-15H2/b2-1+. The van der Waals surface area contributed by atoms with Crippen LogP contribution in [0.3, 0.4) is 0 Å². The predicted molar refractivity (Wildman–Crippen MR) is 96.7 cm³/mol. The topological polar surface area (TPSA) is 40.5 Å². The lowest BCUT2D eigenvalue weighted by Crippen LogP contribution is -2.37. The molecule has 1 saturated heterocycles. The molecule has 2 aromatic carbocycles. The summed E-state index contributed by atoms with van der Waals surface area (Å²) in [4.78, 5) is 14.2. The van der Waals surface area contributed by atoms with Gasteiger partial charge in [0, 0.05) is 19.5 Å². The molecule has 0 bridgehead atoms. The highest BCUT2D eigenvalue weighted by molar-refractivity contribution is 5.78. The Balaban J connectivity index is 1.48. The van der Waals surface area contributed by atoms with E-state index in [1.807, 2.05) is 29.2 Å². The van der Waals surface area contributed by atoms with Gasteiger partial charge in [0.1, 0.15) is 11.6 Å². The number of nitrogens with zero attached hydrogens (tertiary/aromatic N) is 1. The molecule has 3 nitrogen and oxygen atoms in total. The van der Waals surface area contributed by atoms with Crippen molar-refractivity contribution in [3.05, 3.63) is 71.6 Å².